The van der Waals surface area contributed by atoms with E-state index in [1.54, 1.807) is 13.0 Å². The molecule has 2 saturated carbocycles. The number of hydrogen-bond donors (Lipinski definition) is 0. The second-order valence-corrected chi connectivity index (χ2v) is 8.94. The molecule has 0 aromatic rings. The number of epoxide rings is 2. The molecule has 0 bridgehead atoms. The second kappa shape index (κ2) is 5.10. The van der Waals surface area contributed by atoms with Crippen molar-refractivity contribution in [1.29, 1.82) is 0 Å². The minimum Gasteiger partial charge on any atom is -0.461 e. The standard InChI is InChI=1S/C20H26O6/c1-5-9(2)17(21)26-15-13-16(24-13)20(8-23-20)14-12-11(6-7-19(14,15)4)10(3)18(22)25-12/h5,10-16H,6-8H2,1-4H3/b9-5-/t10-,11+,12+,13+,14+,15+,16-,19+,20-/m1/s1. The molecule has 9 atom stereocenters. The van der Waals surface area contributed by atoms with E-state index in [1.807, 2.05) is 13.8 Å². The van der Waals surface area contributed by atoms with Gasteiger partial charge in [-0.15, -0.1) is 0 Å². The molecule has 5 aliphatic rings. The molecule has 0 N–H and O–H groups in total. The predicted octanol–water partition coefficient (Wildman–Crippen LogP) is 2.01. The maximum atomic E-state index is 12.5. The van der Waals surface area contributed by atoms with E-state index in [0.717, 1.165) is 12.8 Å². The van der Waals surface area contributed by atoms with Gasteiger partial charge in [0.15, 0.2) is 0 Å². The normalized spacial score (nSPS) is 54.1. The summed E-state index contributed by atoms with van der Waals surface area (Å²) < 4.78 is 23.8. The van der Waals surface area contributed by atoms with E-state index in [4.69, 9.17) is 18.9 Å². The van der Waals surface area contributed by atoms with Crippen LogP contribution in [-0.2, 0) is 28.5 Å². The van der Waals surface area contributed by atoms with Crippen LogP contribution in [0, 0.1) is 23.2 Å². The quantitative estimate of drug-likeness (QED) is 0.425. The van der Waals surface area contributed by atoms with Crippen molar-refractivity contribution in [2.24, 2.45) is 23.2 Å². The summed E-state index contributed by atoms with van der Waals surface area (Å²) in [4.78, 5) is 24.7. The third-order valence-electron chi connectivity index (χ3n) is 7.69. The highest BCUT2D eigenvalue weighted by atomic mass is 16.7. The van der Waals surface area contributed by atoms with Gasteiger partial charge in [-0.25, -0.2) is 4.79 Å². The lowest BCUT2D eigenvalue weighted by molar-refractivity contribution is -0.182. The first-order valence-electron chi connectivity index (χ1n) is 9.67. The van der Waals surface area contributed by atoms with Crippen LogP contribution in [0.15, 0.2) is 11.6 Å². The Morgan fingerprint density at radius 3 is 2.73 bits per heavy atom. The molecule has 26 heavy (non-hydrogen) atoms. The van der Waals surface area contributed by atoms with Gasteiger partial charge in [0, 0.05) is 22.8 Å². The first-order chi connectivity index (χ1) is 12.3. The highest BCUT2D eigenvalue weighted by Crippen LogP contribution is 2.68. The Morgan fingerprint density at radius 1 is 1.35 bits per heavy atom. The van der Waals surface area contributed by atoms with Crippen LogP contribution in [0.4, 0.5) is 0 Å². The second-order valence-electron chi connectivity index (χ2n) is 8.94. The maximum absolute atomic E-state index is 12.5. The molecule has 3 heterocycles. The van der Waals surface area contributed by atoms with E-state index in [9.17, 15) is 9.59 Å². The lowest BCUT2D eigenvalue weighted by Crippen LogP contribution is -2.63. The van der Waals surface area contributed by atoms with Crippen LogP contribution in [0.2, 0.25) is 0 Å². The Kier molecular flexibility index (Phi) is 3.29. The smallest absolute Gasteiger partial charge is 0.333 e. The van der Waals surface area contributed by atoms with Gasteiger partial charge in [-0.05, 0) is 26.7 Å². The summed E-state index contributed by atoms with van der Waals surface area (Å²) in [6.07, 6.45) is 2.87. The van der Waals surface area contributed by atoms with Crippen LogP contribution in [-0.4, -0.2) is 48.6 Å². The zero-order valence-corrected chi connectivity index (χ0v) is 15.7. The first kappa shape index (κ1) is 16.8. The predicted molar refractivity (Wildman–Crippen MR) is 90.0 cm³/mol. The lowest BCUT2D eigenvalue weighted by atomic mass is 9.51. The number of carbonyl (C=O) groups is 2. The van der Waals surface area contributed by atoms with Crippen molar-refractivity contribution in [2.75, 3.05) is 6.61 Å². The molecule has 3 saturated heterocycles. The summed E-state index contributed by atoms with van der Waals surface area (Å²) in [5.41, 5.74) is -0.0884. The van der Waals surface area contributed by atoms with Crippen LogP contribution in [0.25, 0.3) is 0 Å². The van der Waals surface area contributed by atoms with E-state index >= 15 is 0 Å². The zero-order valence-electron chi connectivity index (χ0n) is 15.7. The van der Waals surface area contributed by atoms with Gasteiger partial charge in [0.25, 0.3) is 0 Å². The molecule has 2 aliphatic carbocycles. The summed E-state index contributed by atoms with van der Waals surface area (Å²) in [5, 5.41) is 0. The molecule has 0 aromatic heterocycles. The molecule has 3 aliphatic heterocycles. The monoisotopic (exact) mass is 362 g/mol. The van der Waals surface area contributed by atoms with Crippen molar-refractivity contribution in [3.05, 3.63) is 11.6 Å². The Bertz CT molecular complexity index is 709. The van der Waals surface area contributed by atoms with Gasteiger partial charge in [0.1, 0.15) is 30.0 Å². The minimum atomic E-state index is -0.369. The van der Waals surface area contributed by atoms with Gasteiger partial charge in [-0.2, -0.15) is 0 Å². The van der Waals surface area contributed by atoms with Crippen LogP contribution >= 0.6 is 0 Å². The number of esters is 2. The van der Waals surface area contributed by atoms with E-state index < -0.39 is 0 Å². The average Bonchev–Trinajstić information content (AvgIpc) is 3.51. The van der Waals surface area contributed by atoms with Crippen LogP contribution in [0.5, 0.6) is 0 Å². The largest absolute Gasteiger partial charge is 0.461 e. The van der Waals surface area contributed by atoms with Gasteiger partial charge in [0.05, 0.1) is 12.5 Å². The van der Waals surface area contributed by atoms with Gasteiger partial charge in [-0.3, -0.25) is 4.79 Å². The molecule has 0 amide bonds. The van der Waals surface area contributed by atoms with Crippen molar-refractivity contribution in [1.82, 2.24) is 0 Å². The first-order valence-corrected chi connectivity index (χ1v) is 9.67. The van der Waals surface area contributed by atoms with Gasteiger partial charge < -0.3 is 18.9 Å². The summed E-state index contributed by atoms with van der Waals surface area (Å²) in [6.45, 7) is 8.35. The number of ether oxygens (including phenoxy) is 4. The fraction of sp³-hybridized carbons (Fsp3) is 0.800. The van der Waals surface area contributed by atoms with Crippen molar-refractivity contribution in [2.45, 2.75) is 70.6 Å². The van der Waals surface area contributed by atoms with E-state index in [2.05, 4.69) is 6.92 Å². The summed E-state index contributed by atoms with van der Waals surface area (Å²) in [7, 11) is 0. The van der Waals surface area contributed by atoms with Gasteiger partial charge >= 0.3 is 11.9 Å². The number of fused-ring (bicyclic) bond motifs is 6. The van der Waals surface area contributed by atoms with Crippen LogP contribution in [0.3, 0.4) is 0 Å². The summed E-state index contributed by atoms with van der Waals surface area (Å²) in [6, 6.07) is 0. The third-order valence-corrected chi connectivity index (χ3v) is 7.69. The molecule has 6 nitrogen and oxygen atoms in total. The molecular weight excluding hydrogens is 336 g/mol. The number of allylic oxidation sites excluding steroid dienone is 1. The van der Waals surface area contributed by atoms with Crippen LogP contribution in [0.1, 0.15) is 40.5 Å². The summed E-state index contributed by atoms with van der Waals surface area (Å²) >= 11 is 0. The van der Waals surface area contributed by atoms with Crippen molar-refractivity contribution < 1.29 is 28.5 Å². The Labute approximate surface area is 153 Å². The highest BCUT2D eigenvalue weighted by Gasteiger charge is 2.82. The zero-order chi connectivity index (χ0) is 18.4. The van der Waals surface area contributed by atoms with Crippen molar-refractivity contribution in [3.63, 3.8) is 0 Å². The molecule has 5 rings (SSSR count). The molecule has 142 valence electrons. The molecule has 6 heteroatoms. The summed E-state index contributed by atoms with van der Waals surface area (Å²) in [5.74, 6) is -0.263. The lowest BCUT2D eigenvalue weighted by Gasteiger charge is -2.53. The Balaban J connectivity index is 1.52. The SMILES string of the molecule is C/C=C(/C)C(=O)O[C@H]1[C@@H]2O[C@H]2[C@@]2(CO2)[C@H]2[C@H]3OC(=O)[C@H](C)[C@@H]3CC[C@]12C. The van der Waals surface area contributed by atoms with E-state index in [1.165, 1.54) is 0 Å². The van der Waals surface area contributed by atoms with Crippen molar-refractivity contribution in [3.8, 4) is 0 Å². The van der Waals surface area contributed by atoms with E-state index in [0.29, 0.717) is 12.2 Å². The van der Waals surface area contributed by atoms with Gasteiger partial charge in [-0.1, -0.05) is 19.9 Å². The Morgan fingerprint density at radius 2 is 2.08 bits per heavy atom. The van der Waals surface area contributed by atoms with Crippen molar-refractivity contribution >= 4 is 11.9 Å². The molecule has 5 fully saturated rings. The molecule has 0 radical (unpaired) electrons. The Hall–Kier alpha value is -1.40. The molecule has 1 spiro atoms. The fourth-order valence-corrected chi connectivity index (χ4v) is 5.94. The van der Waals surface area contributed by atoms with Crippen LogP contribution < -0.4 is 0 Å². The topological polar surface area (TPSA) is 77.7 Å². The minimum absolute atomic E-state index is 0.00936. The molecule has 0 unspecified atom stereocenters. The number of hydrogen-bond acceptors (Lipinski definition) is 6. The number of rotatable bonds is 2. The van der Waals surface area contributed by atoms with Gasteiger partial charge in [0.2, 0.25) is 0 Å². The molecule has 0 aromatic carbocycles. The molecular formula is C20H26O6. The maximum Gasteiger partial charge on any atom is 0.333 e. The number of carbonyl (C=O) groups excluding carboxylic acids is 2. The van der Waals surface area contributed by atoms with E-state index in [-0.39, 0.29) is 65.1 Å². The highest BCUT2D eigenvalue weighted by molar-refractivity contribution is 5.87. The average molecular weight is 362 g/mol. The third kappa shape index (κ3) is 1.95. The fourth-order valence-electron chi connectivity index (χ4n) is 5.94.